The lowest BCUT2D eigenvalue weighted by Gasteiger charge is -2.11. The van der Waals surface area contributed by atoms with E-state index in [0.29, 0.717) is 5.92 Å². The lowest BCUT2D eigenvalue weighted by molar-refractivity contribution is -0.892. The fraction of sp³-hybridized carbons (Fsp3) is 0.600. The summed E-state index contributed by atoms with van der Waals surface area (Å²) in [6, 6.07) is 3.88. The second-order valence-electron chi connectivity index (χ2n) is 4.62. The third-order valence-corrected chi connectivity index (χ3v) is 3.14. The Hall–Kier alpha value is -1.58. The molecular formula is C15H25N2O2+. The summed E-state index contributed by atoms with van der Waals surface area (Å²) in [4.78, 5) is 10.4. The molecule has 0 saturated heterocycles. The van der Waals surface area contributed by atoms with Crippen molar-refractivity contribution in [1.82, 2.24) is 0 Å². The van der Waals surface area contributed by atoms with Gasteiger partial charge in [-0.1, -0.05) is 31.8 Å². The van der Waals surface area contributed by atoms with Crippen LogP contribution in [0.5, 0.6) is 0 Å². The van der Waals surface area contributed by atoms with Gasteiger partial charge in [-0.05, 0) is 18.8 Å². The second kappa shape index (κ2) is 9.36. The van der Waals surface area contributed by atoms with Crippen LogP contribution in [0.2, 0.25) is 0 Å². The van der Waals surface area contributed by atoms with Crippen molar-refractivity contribution < 1.29 is 14.4 Å². The minimum absolute atomic E-state index is 0.641. The average Bonchev–Trinajstić information content (AvgIpc) is 2.46. The second-order valence-corrected chi connectivity index (χ2v) is 4.62. The van der Waals surface area contributed by atoms with Crippen molar-refractivity contribution in [2.75, 3.05) is 13.7 Å². The maximum absolute atomic E-state index is 5.76. The molecule has 19 heavy (non-hydrogen) atoms. The zero-order valence-corrected chi connectivity index (χ0v) is 12.2. The molecule has 0 aliphatic rings. The van der Waals surface area contributed by atoms with Gasteiger partial charge in [-0.3, -0.25) is 4.84 Å². The van der Waals surface area contributed by atoms with Crippen molar-refractivity contribution in [3.8, 4) is 0 Å². The zero-order valence-electron chi connectivity index (χ0n) is 12.2. The Morgan fingerprint density at radius 2 is 2.05 bits per heavy atom. The van der Waals surface area contributed by atoms with Crippen LogP contribution in [0.3, 0.4) is 0 Å². The summed E-state index contributed by atoms with van der Waals surface area (Å²) in [6.07, 6.45) is 10.4. The fourth-order valence-electron chi connectivity index (χ4n) is 1.80. The predicted molar refractivity (Wildman–Crippen MR) is 76.0 cm³/mol. The van der Waals surface area contributed by atoms with Gasteiger partial charge < -0.3 is 4.84 Å². The molecule has 0 fully saturated rings. The number of nitrogens with zero attached hydrogens (tertiary/aromatic N) is 2. The van der Waals surface area contributed by atoms with Crippen molar-refractivity contribution in [2.24, 2.45) is 11.1 Å². The molecule has 0 amide bonds. The number of rotatable bonds is 9. The van der Waals surface area contributed by atoms with E-state index in [9.17, 15) is 0 Å². The molecule has 0 spiro atoms. The fourth-order valence-corrected chi connectivity index (χ4v) is 1.80. The summed E-state index contributed by atoms with van der Waals surface area (Å²) in [5.74, 6) is 0.641. The van der Waals surface area contributed by atoms with Crippen molar-refractivity contribution in [3.63, 3.8) is 0 Å². The first kappa shape index (κ1) is 15.5. The molecule has 0 aliphatic carbocycles. The number of pyridine rings is 1. The van der Waals surface area contributed by atoms with Crippen molar-refractivity contribution in [1.29, 1.82) is 0 Å². The number of oxime groups is 1. The van der Waals surface area contributed by atoms with Crippen LogP contribution in [0.15, 0.2) is 29.7 Å². The summed E-state index contributed by atoms with van der Waals surface area (Å²) in [6.45, 7) is 5.22. The van der Waals surface area contributed by atoms with E-state index in [1.807, 2.05) is 24.5 Å². The summed E-state index contributed by atoms with van der Waals surface area (Å²) in [5.41, 5.74) is 0.986. The third kappa shape index (κ3) is 6.22. The lowest BCUT2D eigenvalue weighted by Crippen LogP contribution is -2.44. The van der Waals surface area contributed by atoms with E-state index >= 15 is 0 Å². The third-order valence-electron chi connectivity index (χ3n) is 3.14. The van der Waals surface area contributed by atoms with E-state index in [-0.39, 0.29) is 0 Å². The van der Waals surface area contributed by atoms with Crippen LogP contribution >= 0.6 is 0 Å². The van der Waals surface area contributed by atoms with Crippen molar-refractivity contribution in [3.05, 3.63) is 30.1 Å². The van der Waals surface area contributed by atoms with E-state index in [1.165, 1.54) is 32.8 Å². The molecule has 1 atom stereocenters. The van der Waals surface area contributed by atoms with E-state index in [0.717, 1.165) is 12.2 Å². The normalized spacial score (nSPS) is 12.6. The molecule has 0 radical (unpaired) electrons. The summed E-state index contributed by atoms with van der Waals surface area (Å²) in [5, 5.41) is 3.72. The van der Waals surface area contributed by atoms with Gasteiger partial charge >= 0.3 is 0 Å². The summed E-state index contributed by atoms with van der Waals surface area (Å²) >= 11 is 0. The highest BCUT2D eigenvalue weighted by molar-refractivity contribution is 5.78. The smallest absolute Gasteiger partial charge is 0.223 e. The lowest BCUT2D eigenvalue weighted by atomic mass is 10.0. The molecule has 106 valence electrons. The van der Waals surface area contributed by atoms with E-state index in [4.69, 9.17) is 4.84 Å². The van der Waals surface area contributed by atoms with Crippen LogP contribution in [-0.2, 0) is 4.84 Å². The number of aromatic nitrogens is 1. The molecule has 0 saturated carbocycles. The Morgan fingerprint density at radius 3 is 2.63 bits per heavy atom. The van der Waals surface area contributed by atoms with Crippen molar-refractivity contribution >= 4 is 6.21 Å². The molecule has 1 rings (SSSR count). The minimum Gasteiger partial charge on any atom is -0.399 e. The molecule has 0 bridgehead atoms. The Labute approximate surface area is 116 Å². The van der Waals surface area contributed by atoms with E-state index < -0.39 is 0 Å². The molecule has 4 heteroatoms. The van der Waals surface area contributed by atoms with Gasteiger partial charge in [0, 0.05) is 22.4 Å². The van der Waals surface area contributed by atoms with Gasteiger partial charge in [-0.2, -0.15) is 0 Å². The highest BCUT2D eigenvalue weighted by Crippen LogP contribution is 2.11. The highest BCUT2D eigenvalue weighted by atomic mass is 16.7. The summed E-state index contributed by atoms with van der Waals surface area (Å²) in [7, 11) is 1.53. The molecule has 0 aliphatic heterocycles. The quantitative estimate of drug-likeness (QED) is 0.391. The Balaban J connectivity index is 2.42. The molecule has 0 N–H and O–H groups in total. The Morgan fingerprint density at radius 1 is 1.32 bits per heavy atom. The van der Waals surface area contributed by atoms with Gasteiger partial charge in [0.2, 0.25) is 12.4 Å². The number of hydrogen-bond acceptors (Lipinski definition) is 3. The first-order chi connectivity index (χ1) is 9.30. The van der Waals surface area contributed by atoms with E-state index in [1.54, 1.807) is 10.9 Å². The molecule has 1 unspecified atom stereocenters. The van der Waals surface area contributed by atoms with Crippen LogP contribution in [0.4, 0.5) is 0 Å². The van der Waals surface area contributed by atoms with Gasteiger partial charge in [-0.25, -0.2) is 0 Å². The van der Waals surface area contributed by atoms with E-state index in [2.05, 4.69) is 23.8 Å². The van der Waals surface area contributed by atoms with Crippen LogP contribution < -0.4 is 9.57 Å². The molecular weight excluding hydrogens is 240 g/mol. The first-order valence-electron chi connectivity index (χ1n) is 7.01. The zero-order chi connectivity index (χ0) is 13.9. The maximum Gasteiger partial charge on any atom is 0.223 e. The first-order valence-corrected chi connectivity index (χ1v) is 7.01. The topological polar surface area (TPSA) is 34.7 Å². The Bertz CT molecular complexity index is 363. The monoisotopic (exact) mass is 265 g/mol. The molecule has 4 nitrogen and oxygen atoms in total. The molecule has 1 heterocycles. The standard InChI is InChI=1S/C15H25N2O2/c1-4-6-7-14(5-2)13-19-17-10-8-15(9-11-17)12-16-18-3/h8-12,14H,4-7,13H2,1-3H3/q+1. The average molecular weight is 265 g/mol. The maximum atomic E-state index is 5.76. The van der Waals surface area contributed by atoms with Gasteiger partial charge in [-0.15, -0.1) is 0 Å². The largest absolute Gasteiger partial charge is 0.399 e. The van der Waals surface area contributed by atoms with Gasteiger partial charge in [0.05, 0.1) is 6.21 Å². The van der Waals surface area contributed by atoms with Crippen LogP contribution in [0.1, 0.15) is 45.1 Å². The van der Waals surface area contributed by atoms with Crippen LogP contribution in [0.25, 0.3) is 0 Å². The number of unbranched alkanes of at least 4 members (excludes halogenated alkanes) is 1. The van der Waals surface area contributed by atoms with Crippen LogP contribution in [0, 0.1) is 5.92 Å². The Kier molecular flexibility index (Phi) is 7.63. The van der Waals surface area contributed by atoms with Gasteiger partial charge in [0.25, 0.3) is 0 Å². The van der Waals surface area contributed by atoms with Gasteiger partial charge in [0.15, 0.2) is 6.61 Å². The van der Waals surface area contributed by atoms with Crippen LogP contribution in [-0.4, -0.2) is 19.9 Å². The minimum atomic E-state index is 0.641. The SMILES string of the molecule is CCCCC(CC)CO[n+]1ccc(C=NOC)cc1. The highest BCUT2D eigenvalue weighted by Gasteiger charge is 2.10. The molecule has 0 aromatic carbocycles. The predicted octanol–water partition coefficient (Wildman–Crippen LogP) is 2.60. The summed E-state index contributed by atoms with van der Waals surface area (Å²) < 4.78 is 1.75. The molecule has 1 aromatic heterocycles. The number of hydrogen-bond donors (Lipinski definition) is 0. The molecule has 1 aromatic rings. The van der Waals surface area contributed by atoms with Crippen molar-refractivity contribution in [2.45, 2.75) is 39.5 Å². The van der Waals surface area contributed by atoms with Gasteiger partial charge in [0.1, 0.15) is 7.11 Å².